The van der Waals surface area contributed by atoms with Crippen molar-refractivity contribution in [3.05, 3.63) is 29.6 Å². The third-order valence-corrected chi connectivity index (χ3v) is 3.84. The van der Waals surface area contributed by atoms with E-state index in [0.29, 0.717) is 0 Å². The number of hydrogen-bond donors (Lipinski definition) is 1. The molecular weight excluding hydrogens is 287 g/mol. The van der Waals surface area contributed by atoms with E-state index in [-0.39, 0.29) is 23.3 Å². The van der Waals surface area contributed by atoms with Crippen LogP contribution in [-0.2, 0) is 4.74 Å². The molecule has 1 saturated carbocycles. The summed E-state index contributed by atoms with van der Waals surface area (Å²) in [5.74, 6) is -1.73. The van der Waals surface area contributed by atoms with E-state index in [1.807, 2.05) is 13.8 Å². The Morgan fingerprint density at radius 3 is 2.55 bits per heavy atom. The predicted octanol–water partition coefficient (Wildman–Crippen LogP) is 4.23. The molecule has 0 radical (unpaired) electrons. The van der Waals surface area contributed by atoms with Gasteiger partial charge in [0, 0.05) is 5.92 Å². The standard InChI is InChI=1S/C17H23FO4/c1-11(2)17(21-13-6-4-3-5-7-13)22-15-10-12(16(19)20)8-9-14(15)18/h8-11,13,17H,3-7H2,1-2H3,(H,19,20). The lowest BCUT2D eigenvalue weighted by Gasteiger charge is -2.30. The maximum atomic E-state index is 13.9. The molecule has 22 heavy (non-hydrogen) atoms. The highest BCUT2D eigenvalue weighted by Gasteiger charge is 2.24. The highest BCUT2D eigenvalue weighted by Crippen LogP contribution is 2.27. The van der Waals surface area contributed by atoms with E-state index in [0.717, 1.165) is 31.7 Å². The first-order valence-electron chi connectivity index (χ1n) is 7.82. The van der Waals surface area contributed by atoms with E-state index >= 15 is 0 Å². The molecule has 1 aliphatic rings. The lowest BCUT2D eigenvalue weighted by atomic mass is 9.97. The van der Waals surface area contributed by atoms with Gasteiger partial charge in [0.1, 0.15) is 0 Å². The summed E-state index contributed by atoms with van der Waals surface area (Å²) >= 11 is 0. The Balaban J connectivity index is 2.09. The van der Waals surface area contributed by atoms with Crippen molar-refractivity contribution in [3.8, 4) is 5.75 Å². The fourth-order valence-electron chi connectivity index (χ4n) is 2.56. The second-order valence-corrected chi connectivity index (χ2v) is 6.08. The molecule has 0 saturated heterocycles. The minimum absolute atomic E-state index is 0.00317. The highest BCUT2D eigenvalue weighted by molar-refractivity contribution is 5.88. The van der Waals surface area contributed by atoms with Crippen LogP contribution in [0.15, 0.2) is 18.2 Å². The Labute approximate surface area is 130 Å². The molecule has 122 valence electrons. The van der Waals surface area contributed by atoms with Crippen LogP contribution >= 0.6 is 0 Å². The van der Waals surface area contributed by atoms with Gasteiger partial charge in [-0.2, -0.15) is 0 Å². The zero-order chi connectivity index (χ0) is 16.1. The molecule has 1 aromatic carbocycles. The Morgan fingerprint density at radius 1 is 1.27 bits per heavy atom. The van der Waals surface area contributed by atoms with Gasteiger partial charge in [0.05, 0.1) is 11.7 Å². The maximum Gasteiger partial charge on any atom is 0.335 e. The van der Waals surface area contributed by atoms with E-state index < -0.39 is 18.1 Å². The Bertz CT molecular complexity index is 509. The Hall–Kier alpha value is -1.62. The normalized spacial score (nSPS) is 17.5. The Kier molecular flexibility index (Phi) is 5.77. The molecule has 1 aromatic rings. The van der Waals surface area contributed by atoms with Crippen LogP contribution in [0.25, 0.3) is 0 Å². The molecule has 0 aliphatic heterocycles. The van der Waals surface area contributed by atoms with Gasteiger partial charge in [-0.3, -0.25) is 0 Å². The van der Waals surface area contributed by atoms with Crippen LogP contribution in [0.1, 0.15) is 56.3 Å². The Morgan fingerprint density at radius 2 is 1.95 bits per heavy atom. The molecule has 2 rings (SSSR count). The average Bonchev–Trinajstić information content (AvgIpc) is 2.49. The second kappa shape index (κ2) is 7.58. The first kappa shape index (κ1) is 16.7. The number of halogens is 1. The smallest absolute Gasteiger partial charge is 0.335 e. The topological polar surface area (TPSA) is 55.8 Å². The summed E-state index contributed by atoms with van der Waals surface area (Å²) in [6.45, 7) is 3.87. The molecule has 0 bridgehead atoms. The van der Waals surface area contributed by atoms with Crippen LogP contribution in [0, 0.1) is 11.7 Å². The molecule has 1 N–H and O–H groups in total. The molecule has 0 amide bonds. The molecule has 4 nitrogen and oxygen atoms in total. The summed E-state index contributed by atoms with van der Waals surface area (Å²) in [6, 6.07) is 3.53. The number of carboxylic acid groups (broad SMARTS) is 1. The van der Waals surface area contributed by atoms with Crippen LogP contribution in [0.2, 0.25) is 0 Å². The van der Waals surface area contributed by atoms with Crippen molar-refractivity contribution < 1.29 is 23.8 Å². The number of benzene rings is 1. The minimum atomic E-state index is -1.11. The number of carboxylic acids is 1. The summed E-state index contributed by atoms with van der Waals surface area (Å²) in [4.78, 5) is 11.0. The van der Waals surface area contributed by atoms with Gasteiger partial charge >= 0.3 is 5.97 Å². The van der Waals surface area contributed by atoms with Gasteiger partial charge in [0.2, 0.25) is 6.29 Å². The van der Waals surface area contributed by atoms with Crippen molar-refractivity contribution in [1.29, 1.82) is 0 Å². The van der Waals surface area contributed by atoms with Gasteiger partial charge in [-0.05, 0) is 31.0 Å². The first-order chi connectivity index (χ1) is 10.5. The van der Waals surface area contributed by atoms with Crippen molar-refractivity contribution in [1.82, 2.24) is 0 Å². The number of carbonyl (C=O) groups is 1. The van der Waals surface area contributed by atoms with Crippen LogP contribution < -0.4 is 4.74 Å². The van der Waals surface area contributed by atoms with Gasteiger partial charge in [0.25, 0.3) is 0 Å². The number of hydrogen-bond acceptors (Lipinski definition) is 3. The lowest BCUT2D eigenvalue weighted by Crippen LogP contribution is -2.33. The summed E-state index contributed by atoms with van der Waals surface area (Å²) in [5.41, 5.74) is -0.00317. The van der Waals surface area contributed by atoms with Crippen LogP contribution in [0.4, 0.5) is 4.39 Å². The highest BCUT2D eigenvalue weighted by atomic mass is 19.1. The molecular formula is C17H23FO4. The van der Waals surface area contributed by atoms with Crippen molar-refractivity contribution in [2.24, 2.45) is 5.92 Å². The average molecular weight is 310 g/mol. The van der Waals surface area contributed by atoms with Crippen LogP contribution in [0.3, 0.4) is 0 Å². The van der Waals surface area contributed by atoms with E-state index in [2.05, 4.69) is 0 Å². The largest absolute Gasteiger partial charge is 0.478 e. The van der Waals surface area contributed by atoms with E-state index in [1.54, 1.807) is 0 Å². The van der Waals surface area contributed by atoms with Gasteiger partial charge in [0.15, 0.2) is 11.6 Å². The van der Waals surface area contributed by atoms with E-state index in [9.17, 15) is 9.18 Å². The van der Waals surface area contributed by atoms with E-state index in [1.165, 1.54) is 18.6 Å². The number of aromatic carboxylic acids is 1. The predicted molar refractivity (Wildman–Crippen MR) is 80.6 cm³/mol. The summed E-state index contributed by atoms with van der Waals surface area (Å²) in [5, 5.41) is 9.00. The molecule has 1 fully saturated rings. The first-order valence-corrected chi connectivity index (χ1v) is 7.82. The van der Waals surface area contributed by atoms with Crippen molar-refractivity contribution >= 4 is 5.97 Å². The SMILES string of the molecule is CC(C)C(Oc1cc(C(=O)O)ccc1F)OC1CCCCC1. The minimum Gasteiger partial charge on any atom is -0.478 e. The lowest BCUT2D eigenvalue weighted by molar-refractivity contribution is -0.151. The van der Waals surface area contributed by atoms with Crippen molar-refractivity contribution in [2.45, 2.75) is 58.3 Å². The molecule has 5 heteroatoms. The quantitative estimate of drug-likeness (QED) is 0.799. The fraction of sp³-hybridized carbons (Fsp3) is 0.588. The monoisotopic (exact) mass is 310 g/mol. The van der Waals surface area contributed by atoms with Crippen molar-refractivity contribution in [2.75, 3.05) is 0 Å². The molecule has 0 heterocycles. The molecule has 1 atom stereocenters. The van der Waals surface area contributed by atoms with Crippen molar-refractivity contribution in [3.63, 3.8) is 0 Å². The summed E-state index contributed by atoms with van der Waals surface area (Å²) in [7, 11) is 0. The molecule has 0 spiro atoms. The van der Waals surface area contributed by atoms with Crippen LogP contribution in [0.5, 0.6) is 5.75 Å². The molecule has 1 aliphatic carbocycles. The third-order valence-electron chi connectivity index (χ3n) is 3.84. The maximum absolute atomic E-state index is 13.9. The van der Waals surface area contributed by atoms with E-state index in [4.69, 9.17) is 14.6 Å². The third kappa shape index (κ3) is 4.44. The summed E-state index contributed by atoms with van der Waals surface area (Å²) < 4.78 is 25.5. The zero-order valence-corrected chi connectivity index (χ0v) is 13.0. The zero-order valence-electron chi connectivity index (χ0n) is 13.0. The fourth-order valence-corrected chi connectivity index (χ4v) is 2.56. The van der Waals surface area contributed by atoms with Gasteiger partial charge in [-0.15, -0.1) is 0 Å². The van der Waals surface area contributed by atoms with Gasteiger partial charge in [-0.1, -0.05) is 33.1 Å². The molecule has 0 aromatic heterocycles. The van der Waals surface area contributed by atoms with Crippen LogP contribution in [-0.4, -0.2) is 23.5 Å². The molecule has 1 unspecified atom stereocenters. The number of ether oxygens (including phenoxy) is 2. The number of rotatable bonds is 6. The van der Waals surface area contributed by atoms with Gasteiger partial charge in [-0.25, -0.2) is 9.18 Å². The second-order valence-electron chi connectivity index (χ2n) is 6.08. The van der Waals surface area contributed by atoms with Gasteiger partial charge < -0.3 is 14.6 Å². The summed E-state index contributed by atoms with van der Waals surface area (Å²) in [6.07, 6.45) is 5.03.